The molecule has 0 spiro atoms. The third kappa shape index (κ3) is 2.06. The summed E-state index contributed by atoms with van der Waals surface area (Å²) in [6, 6.07) is 8.61. The maximum atomic E-state index is 5.93. The van der Waals surface area contributed by atoms with E-state index in [-0.39, 0.29) is 0 Å². The molecule has 1 aliphatic carbocycles. The molecule has 0 fully saturated rings. The molecule has 0 amide bonds. The van der Waals surface area contributed by atoms with Gasteiger partial charge in [0.15, 0.2) is 0 Å². The van der Waals surface area contributed by atoms with Crippen molar-refractivity contribution in [3.8, 4) is 0 Å². The van der Waals surface area contributed by atoms with E-state index in [9.17, 15) is 0 Å². The summed E-state index contributed by atoms with van der Waals surface area (Å²) in [6.07, 6.45) is 10.4. The number of thioether (sulfide) groups is 1. The molecule has 0 unspecified atom stereocenters. The van der Waals surface area contributed by atoms with E-state index in [0.29, 0.717) is 0 Å². The van der Waals surface area contributed by atoms with Gasteiger partial charge in [0.1, 0.15) is 17.4 Å². The highest BCUT2D eigenvalue weighted by atomic mass is 32.2. The van der Waals surface area contributed by atoms with Gasteiger partial charge < -0.3 is 9.64 Å². The zero-order chi connectivity index (χ0) is 13.4. The van der Waals surface area contributed by atoms with Crippen LogP contribution in [-0.2, 0) is 4.74 Å². The summed E-state index contributed by atoms with van der Waals surface area (Å²) < 4.78 is 5.93. The van der Waals surface area contributed by atoms with Crippen LogP contribution < -0.4 is 4.90 Å². The summed E-state index contributed by atoms with van der Waals surface area (Å²) in [7, 11) is 0. The summed E-state index contributed by atoms with van der Waals surface area (Å²) in [5.41, 5.74) is 2.71. The topological polar surface area (TPSA) is 12.5 Å². The Morgan fingerprint density at radius 2 is 2.20 bits per heavy atom. The number of rotatable bonds is 1. The number of fused-ring (bicyclic) bond motifs is 3. The first-order valence-corrected chi connectivity index (χ1v) is 8.02. The first-order chi connectivity index (χ1) is 9.92. The van der Waals surface area contributed by atoms with Crippen LogP contribution in [0.25, 0.3) is 0 Å². The highest BCUT2D eigenvalue weighted by molar-refractivity contribution is 8.03. The van der Waals surface area contributed by atoms with Crippen LogP contribution in [0.1, 0.15) is 19.3 Å². The van der Waals surface area contributed by atoms with Gasteiger partial charge >= 0.3 is 0 Å². The van der Waals surface area contributed by atoms with E-state index < -0.39 is 0 Å². The highest BCUT2D eigenvalue weighted by Crippen LogP contribution is 2.48. The maximum Gasteiger partial charge on any atom is 0.150 e. The van der Waals surface area contributed by atoms with E-state index in [2.05, 4.69) is 47.4 Å². The molecule has 4 rings (SSSR count). The van der Waals surface area contributed by atoms with Gasteiger partial charge in [0, 0.05) is 4.90 Å². The molecule has 2 nitrogen and oxygen atoms in total. The molecule has 0 radical (unpaired) electrons. The van der Waals surface area contributed by atoms with E-state index in [1.54, 1.807) is 0 Å². The quantitative estimate of drug-likeness (QED) is 0.755. The van der Waals surface area contributed by atoms with Crippen LogP contribution in [0, 0.1) is 0 Å². The number of benzene rings is 1. The molecular weight excluding hydrogens is 266 g/mol. The second-order valence-electron chi connectivity index (χ2n) is 5.25. The van der Waals surface area contributed by atoms with Crippen molar-refractivity contribution in [2.75, 3.05) is 18.1 Å². The van der Waals surface area contributed by atoms with Crippen molar-refractivity contribution in [2.24, 2.45) is 0 Å². The molecule has 1 aromatic rings. The number of ether oxygens (including phenoxy) is 1. The molecule has 0 aromatic heterocycles. The molecule has 0 saturated carbocycles. The monoisotopic (exact) mass is 283 g/mol. The number of anilines is 1. The van der Waals surface area contributed by atoms with Crippen molar-refractivity contribution in [3.63, 3.8) is 0 Å². The molecule has 20 heavy (non-hydrogen) atoms. The summed E-state index contributed by atoms with van der Waals surface area (Å²) in [5, 5.41) is 1.25. The molecule has 2 aliphatic heterocycles. The van der Waals surface area contributed by atoms with Gasteiger partial charge in [0.2, 0.25) is 0 Å². The molecule has 102 valence electrons. The minimum Gasteiger partial charge on any atom is -0.489 e. The van der Waals surface area contributed by atoms with Crippen LogP contribution in [0.2, 0.25) is 0 Å². The van der Waals surface area contributed by atoms with Crippen LogP contribution in [0.3, 0.4) is 0 Å². The second kappa shape index (κ2) is 5.06. The van der Waals surface area contributed by atoms with E-state index in [1.165, 1.54) is 34.0 Å². The van der Waals surface area contributed by atoms with E-state index in [1.807, 2.05) is 11.8 Å². The van der Waals surface area contributed by atoms with Gasteiger partial charge in [0.05, 0.1) is 12.2 Å². The lowest BCUT2D eigenvalue weighted by Gasteiger charge is -2.27. The van der Waals surface area contributed by atoms with Crippen molar-refractivity contribution in [1.82, 2.24) is 0 Å². The number of allylic oxidation sites excluding steroid dienone is 4. The molecular formula is C17H17NOS. The highest BCUT2D eigenvalue weighted by Gasteiger charge is 2.30. The summed E-state index contributed by atoms with van der Waals surface area (Å²) in [4.78, 5) is 3.73. The van der Waals surface area contributed by atoms with Crippen LogP contribution >= 0.6 is 11.8 Å². The molecule has 0 saturated heterocycles. The average molecular weight is 283 g/mol. The summed E-state index contributed by atoms with van der Waals surface area (Å²) in [5.74, 6) is 1.04. The van der Waals surface area contributed by atoms with Gasteiger partial charge in [-0.25, -0.2) is 0 Å². The largest absolute Gasteiger partial charge is 0.489 e. The first kappa shape index (κ1) is 12.2. The number of para-hydroxylation sites is 1. The van der Waals surface area contributed by atoms with Crippen molar-refractivity contribution < 1.29 is 4.74 Å². The Labute approximate surface area is 123 Å². The first-order valence-electron chi connectivity index (χ1n) is 7.20. The second-order valence-corrected chi connectivity index (χ2v) is 6.28. The van der Waals surface area contributed by atoms with Gasteiger partial charge in [0.25, 0.3) is 0 Å². The van der Waals surface area contributed by atoms with E-state index >= 15 is 0 Å². The fourth-order valence-electron chi connectivity index (χ4n) is 2.88. The Hall–Kier alpha value is -1.61. The van der Waals surface area contributed by atoms with Crippen LogP contribution in [0.15, 0.2) is 63.8 Å². The molecule has 0 atom stereocenters. The summed E-state index contributed by atoms with van der Waals surface area (Å²) >= 11 is 1.83. The molecule has 0 N–H and O–H groups in total. The van der Waals surface area contributed by atoms with Gasteiger partial charge in [-0.2, -0.15) is 0 Å². The lowest BCUT2D eigenvalue weighted by Crippen LogP contribution is -2.28. The smallest absolute Gasteiger partial charge is 0.150 e. The molecule has 3 aliphatic rings. The zero-order valence-corrected chi connectivity index (χ0v) is 12.2. The van der Waals surface area contributed by atoms with E-state index in [0.717, 1.165) is 25.3 Å². The lowest BCUT2D eigenvalue weighted by atomic mass is 10.0. The van der Waals surface area contributed by atoms with Crippen LogP contribution in [0.4, 0.5) is 5.69 Å². The number of nitrogens with zero attached hydrogens (tertiary/aromatic N) is 1. The third-order valence-corrected chi connectivity index (χ3v) is 5.06. The molecule has 2 heterocycles. The van der Waals surface area contributed by atoms with Crippen molar-refractivity contribution >= 4 is 17.4 Å². The van der Waals surface area contributed by atoms with E-state index in [4.69, 9.17) is 4.74 Å². The SMILES string of the molecule is C1=C/C(=C/C2=C3Sc4ccccc4N3CCO2)CCC1. The fourth-order valence-corrected chi connectivity index (χ4v) is 4.04. The standard InChI is InChI=1S/C17H17NOS/c1-2-6-13(7-3-1)12-15-17-18(10-11-19-15)14-8-4-5-9-16(14)20-17/h2,4-6,8-9,12H,1,3,7,10-11H2/b13-12-. The Bertz CT molecular complexity index is 630. The summed E-state index contributed by atoms with van der Waals surface area (Å²) in [6.45, 7) is 1.71. The lowest BCUT2D eigenvalue weighted by molar-refractivity contribution is 0.218. The Morgan fingerprint density at radius 3 is 3.10 bits per heavy atom. The average Bonchev–Trinajstić information content (AvgIpc) is 2.88. The van der Waals surface area contributed by atoms with Crippen molar-refractivity contribution in [1.29, 1.82) is 0 Å². The third-order valence-electron chi connectivity index (χ3n) is 3.88. The Morgan fingerprint density at radius 1 is 1.25 bits per heavy atom. The number of hydrogen-bond donors (Lipinski definition) is 0. The Balaban J connectivity index is 1.74. The van der Waals surface area contributed by atoms with Gasteiger partial charge in [-0.3, -0.25) is 0 Å². The zero-order valence-electron chi connectivity index (χ0n) is 11.3. The minimum atomic E-state index is 0.765. The van der Waals surface area contributed by atoms with Crippen LogP contribution in [0.5, 0.6) is 0 Å². The normalized spacial score (nSPS) is 22.8. The molecule has 0 bridgehead atoms. The maximum absolute atomic E-state index is 5.93. The number of hydrogen-bond acceptors (Lipinski definition) is 3. The van der Waals surface area contributed by atoms with Crippen molar-refractivity contribution in [3.05, 3.63) is 58.9 Å². The fraction of sp³-hybridized carbons (Fsp3) is 0.294. The van der Waals surface area contributed by atoms with Gasteiger partial charge in [-0.15, -0.1) is 0 Å². The van der Waals surface area contributed by atoms with Gasteiger partial charge in [-0.1, -0.05) is 36.0 Å². The molecule has 1 aromatic carbocycles. The molecule has 3 heteroatoms. The minimum absolute atomic E-state index is 0.765. The predicted molar refractivity (Wildman–Crippen MR) is 83.7 cm³/mol. The Kier molecular flexibility index (Phi) is 3.07. The van der Waals surface area contributed by atoms with Crippen molar-refractivity contribution in [2.45, 2.75) is 24.2 Å². The predicted octanol–water partition coefficient (Wildman–Crippen LogP) is 4.46. The van der Waals surface area contributed by atoms with Crippen LogP contribution in [-0.4, -0.2) is 13.2 Å². The van der Waals surface area contributed by atoms with Gasteiger partial charge in [-0.05, 0) is 43.0 Å².